The molecule has 0 unspecified atom stereocenters. The second-order valence-corrected chi connectivity index (χ2v) is 5.70. The summed E-state index contributed by atoms with van der Waals surface area (Å²) in [6, 6.07) is 0.489. The zero-order valence-electron chi connectivity index (χ0n) is 10.7. The molecule has 2 aliphatic rings. The van der Waals surface area contributed by atoms with Crippen LogP contribution in [0.15, 0.2) is 0 Å². The summed E-state index contributed by atoms with van der Waals surface area (Å²) >= 11 is 0. The molecule has 0 heterocycles. The number of aliphatic hydroxyl groups is 1. The normalized spacial score (nSPS) is 22.7. The highest BCUT2D eigenvalue weighted by atomic mass is 16.3. The van der Waals surface area contributed by atoms with Crippen molar-refractivity contribution in [3.63, 3.8) is 0 Å². The molecule has 4 heteroatoms. The lowest BCUT2D eigenvalue weighted by Gasteiger charge is -2.27. The maximum atomic E-state index is 11.8. The Kier molecular flexibility index (Phi) is 4.05. The van der Waals surface area contributed by atoms with Gasteiger partial charge in [-0.05, 0) is 25.7 Å². The van der Waals surface area contributed by atoms with Crippen molar-refractivity contribution >= 4 is 5.91 Å². The number of carbonyl (C=O) groups excluding carboxylic acids is 1. The van der Waals surface area contributed by atoms with Gasteiger partial charge in [-0.15, -0.1) is 0 Å². The highest BCUT2D eigenvalue weighted by Crippen LogP contribution is 2.36. The third-order valence-corrected chi connectivity index (χ3v) is 4.26. The molecule has 0 aromatic rings. The first-order chi connectivity index (χ1) is 8.17. The van der Waals surface area contributed by atoms with Crippen molar-refractivity contribution in [1.82, 2.24) is 10.2 Å². The number of carbonyl (C=O) groups is 1. The molecule has 2 N–H and O–H groups in total. The molecule has 2 aliphatic carbocycles. The Morgan fingerprint density at radius 2 is 2.06 bits per heavy atom. The van der Waals surface area contributed by atoms with Gasteiger partial charge in [-0.3, -0.25) is 4.79 Å². The lowest BCUT2D eigenvalue weighted by molar-refractivity contribution is -0.129. The van der Waals surface area contributed by atoms with Crippen molar-refractivity contribution < 1.29 is 9.90 Å². The fourth-order valence-electron chi connectivity index (χ4n) is 2.74. The quantitative estimate of drug-likeness (QED) is 0.720. The number of hydrogen-bond donors (Lipinski definition) is 2. The molecule has 2 fully saturated rings. The maximum Gasteiger partial charge on any atom is 0.236 e. The Hall–Kier alpha value is -0.610. The fraction of sp³-hybridized carbons (Fsp3) is 0.923. The third kappa shape index (κ3) is 3.19. The summed E-state index contributed by atoms with van der Waals surface area (Å²) in [5.41, 5.74) is 0.0401. The van der Waals surface area contributed by atoms with Crippen molar-refractivity contribution in [2.24, 2.45) is 5.41 Å². The van der Waals surface area contributed by atoms with Crippen LogP contribution >= 0.6 is 0 Å². The predicted molar refractivity (Wildman–Crippen MR) is 66.6 cm³/mol. The van der Waals surface area contributed by atoms with E-state index < -0.39 is 0 Å². The molecule has 0 aromatic carbocycles. The number of nitrogens with one attached hydrogen (secondary N) is 1. The SMILES string of the molecule is CN(C(=O)CNCC1(CO)CCCC1)C1CC1. The van der Waals surface area contributed by atoms with Crippen LogP contribution in [0.2, 0.25) is 0 Å². The van der Waals surface area contributed by atoms with Gasteiger partial charge in [0.15, 0.2) is 0 Å². The van der Waals surface area contributed by atoms with Gasteiger partial charge < -0.3 is 15.3 Å². The van der Waals surface area contributed by atoms with Gasteiger partial charge in [-0.2, -0.15) is 0 Å². The Balaban J connectivity index is 1.69. The second kappa shape index (κ2) is 5.36. The van der Waals surface area contributed by atoms with E-state index in [9.17, 15) is 9.90 Å². The van der Waals surface area contributed by atoms with Gasteiger partial charge in [0, 0.05) is 31.7 Å². The molecule has 2 saturated carbocycles. The molecule has 17 heavy (non-hydrogen) atoms. The number of likely N-dealkylation sites (N-methyl/N-ethyl adjacent to an activating group) is 1. The first kappa shape index (κ1) is 12.8. The largest absolute Gasteiger partial charge is 0.396 e. The van der Waals surface area contributed by atoms with E-state index in [2.05, 4.69) is 5.32 Å². The van der Waals surface area contributed by atoms with E-state index in [1.807, 2.05) is 11.9 Å². The summed E-state index contributed by atoms with van der Waals surface area (Å²) in [5.74, 6) is 0.179. The monoisotopic (exact) mass is 240 g/mol. The summed E-state index contributed by atoms with van der Waals surface area (Å²) in [5, 5.41) is 12.7. The van der Waals surface area contributed by atoms with Crippen LogP contribution in [-0.4, -0.2) is 48.7 Å². The van der Waals surface area contributed by atoms with E-state index in [0.717, 1.165) is 32.2 Å². The smallest absolute Gasteiger partial charge is 0.236 e. The summed E-state index contributed by atoms with van der Waals surface area (Å²) in [6.45, 7) is 1.43. The van der Waals surface area contributed by atoms with Crippen LogP contribution in [0.25, 0.3) is 0 Å². The Bertz CT molecular complexity index is 271. The van der Waals surface area contributed by atoms with Gasteiger partial charge in [0.1, 0.15) is 0 Å². The summed E-state index contributed by atoms with van der Waals surface area (Å²) < 4.78 is 0. The van der Waals surface area contributed by atoms with E-state index >= 15 is 0 Å². The van der Waals surface area contributed by atoms with Crippen LogP contribution in [0.4, 0.5) is 0 Å². The Labute approximate surface area is 103 Å². The Morgan fingerprint density at radius 3 is 2.59 bits per heavy atom. The van der Waals surface area contributed by atoms with Crippen LogP contribution in [0.1, 0.15) is 38.5 Å². The summed E-state index contributed by atoms with van der Waals surface area (Å²) in [7, 11) is 1.89. The van der Waals surface area contributed by atoms with Crippen molar-refractivity contribution in [3.05, 3.63) is 0 Å². The zero-order chi connectivity index (χ0) is 12.3. The molecule has 0 atom stereocenters. The summed E-state index contributed by atoms with van der Waals surface area (Å²) in [4.78, 5) is 13.6. The first-order valence-electron chi connectivity index (χ1n) is 6.74. The highest BCUT2D eigenvalue weighted by Gasteiger charge is 2.33. The molecule has 98 valence electrons. The standard InChI is InChI=1S/C13H24N2O2/c1-15(11-4-5-11)12(17)8-14-9-13(10-16)6-2-3-7-13/h11,14,16H,2-10H2,1H3. The molecule has 0 aromatic heterocycles. The van der Waals surface area contributed by atoms with Gasteiger partial charge >= 0.3 is 0 Å². The average molecular weight is 240 g/mol. The minimum absolute atomic E-state index is 0.0401. The number of rotatable bonds is 6. The lowest BCUT2D eigenvalue weighted by Crippen LogP contribution is -2.42. The number of hydrogen-bond acceptors (Lipinski definition) is 3. The van der Waals surface area contributed by atoms with Crippen LogP contribution in [0.5, 0.6) is 0 Å². The molecule has 0 aliphatic heterocycles. The molecule has 4 nitrogen and oxygen atoms in total. The van der Waals surface area contributed by atoms with E-state index in [0.29, 0.717) is 12.6 Å². The molecular formula is C13H24N2O2. The van der Waals surface area contributed by atoms with Crippen LogP contribution < -0.4 is 5.32 Å². The van der Waals surface area contributed by atoms with Crippen molar-refractivity contribution in [2.75, 3.05) is 26.7 Å². The van der Waals surface area contributed by atoms with Gasteiger partial charge in [0.25, 0.3) is 0 Å². The number of amides is 1. The number of nitrogens with zero attached hydrogens (tertiary/aromatic N) is 1. The van der Waals surface area contributed by atoms with Crippen LogP contribution in [-0.2, 0) is 4.79 Å². The van der Waals surface area contributed by atoms with Gasteiger partial charge in [0.2, 0.25) is 5.91 Å². The molecule has 0 saturated heterocycles. The first-order valence-corrected chi connectivity index (χ1v) is 6.74. The third-order valence-electron chi connectivity index (χ3n) is 4.26. The maximum absolute atomic E-state index is 11.8. The van der Waals surface area contributed by atoms with Crippen LogP contribution in [0, 0.1) is 5.41 Å². The van der Waals surface area contributed by atoms with E-state index in [1.54, 1.807) is 0 Å². The molecule has 0 spiro atoms. The number of aliphatic hydroxyl groups excluding tert-OH is 1. The van der Waals surface area contributed by atoms with Gasteiger partial charge in [-0.25, -0.2) is 0 Å². The highest BCUT2D eigenvalue weighted by molar-refractivity contribution is 5.78. The van der Waals surface area contributed by atoms with E-state index in [-0.39, 0.29) is 17.9 Å². The van der Waals surface area contributed by atoms with E-state index in [4.69, 9.17) is 0 Å². The average Bonchev–Trinajstić information content (AvgIpc) is 3.08. The molecule has 1 amide bonds. The van der Waals surface area contributed by atoms with Gasteiger partial charge in [0.05, 0.1) is 6.54 Å². The molecule has 0 radical (unpaired) electrons. The minimum atomic E-state index is 0.0401. The molecule has 2 rings (SSSR count). The second-order valence-electron chi connectivity index (χ2n) is 5.70. The lowest BCUT2D eigenvalue weighted by atomic mass is 9.87. The predicted octanol–water partition coefficient (Wildman–Crippen LogP) is 0.749. The van der Waals surface area contributed by atoms with Crippen molar-refractivity contribution in [3.8, 4) is 0 Å². The van der Waals surface area contributed by atoms with Crippen molar-refractivity contribution in [2.45, 2.75) is 44.6 Å². The van der Waals surface area contributed by atoms with Gasteiger partial charge in [-0.1, -0.05) is 12.8 Å². The fourth-order valence-corrected chi connectivity index (χ4v) is 2.74. The van der Waals surface area contributed by atoms with Crippen molar-refractivity contribution in [1.29, 1.82) is 0 Å². The zero-order valence-corrected chi connectivity index (χ0v) is 10.7. The van der Waals surface area contributed by atoms with E-state index in [1.165, 1.54) is 12.8 Å². The Morgan fingerprint density at radius 1 is 1.41 bits per heavy atom. The molecular weight excluding hydrogens is 216 g/mol. The summed E-state index contributed by atoms with van der Waals surface area (Å²) in [6.07, 6.45) is 6.90. The minimum Gasteiger partial charge on any atom is -0.396 e. The van der Waals surface area contributed by atoms with Crippen LogP contribution in [0.3, 0.4) is 0 Å². The molecule has 0 bridgehead atoms. The topological polar surface area (TPSA) is 52.6 Å².